The second-order valence-electron chi connectivity index (χ2n) is 5.05. The van der Waals surface area contributed by atoms with Crippen molar-refractivity contribution in [1.29, 1.82) is 0 Å². The molecule has 1 aliphatic heterocycles. The molecule has 116 valence electrons. The molecule has 3 rings (SSSR count). The van der Waals surface area contributed by atoms with Crippen LogP contribution in [0, 0.1) is 0 Å². The van der Waals surface area contributed by atoms with E-state index in [4.69, 9.17) is 10.5 Å². The molecule has 4 atom stereocenters. The molecule has 0 bridgehead atoms. The minimum absolute atomic E-state index is 0.254. The Morgan fingerprint density at radius 2 is 2.36 bits per heavy atom. The van der Waals surface area contributed by atoms with E-state index < -0.39 is 30.7 Å². The molecular weight excluding hydrogens is 291 g/mol. The minimum Gasteiger partial charge on any atom is -0.394 e. The van der Waals surface area contributed by atoms with Gasteiger partial charge in [-0.2, -0.15) is 0 Å². The van der Waals surface area contributed by atoms with Crippen LogP contribution in [0.15, 0.2) is 37.0 Å². The van der Waals surface area contributed by atoms with Crippen molar-refractivity contribution >= 4 is 16.9 Å². The number of nitrogen functional groups attached to an aromatic ring is 1. The SMILES string of the molecule is C=C=C[C@@]1(F)[C@H](O)[C@@H](CO)O[C@H]1n1ccc2c(N)ncnc21. The van der Waals surface area contributed by atoms with E-state index in [-0.39, 0.29) is 5.82 Å². The Kier molecular flexibility index (Phi) is 3.46. The Labute approximate surface area is 125 Å². The number of hydrogen-bond acceptors (Lipinski definition) is 6. The number of aliphatic hydroxyl groups excluding tert-OH is 2. The monoisotopic (exact) mass is 306 g/mol. The lowest BCUT2D eigenvalue weighted by Gasteiger charge is -2.25. The molecule has 22 heavy (non-hydrogen) atoms. The summed E-state index contributed by atoms with van der Waals surface area (Å²) in [5.41, 5.74) is 6.15. The van der Waals surface area contributed by atoms with Gasteiger partial charge < -0.3 is 25.3 Å². The van der Waals surface area contributed by atoms with Gasteiger partial charge in [-0.15, -0.1) is 5.73 Å². The molecule has 2 aromatic rings. The number of nitrogens with two attached hydrogens (primary N) is 1. The van der Waals surface area contributed by atoms with E-state index in [0.29, 0.717) is 11.0 Å². The van der Waals surface area contributed by atoms with Gasteiger partial charge in [0.25, 0.3) is 0 Å². The zero-order valence-electron chi connectivity index (χ0n) is 11.6. The van der Waals surface area contributed by atoms with Crippen LogP contribution in [0.4, 0.5) is 10.2 Å². The molecule has 1 saturated heterocycles. The largest absolute Gasteiger partial charge is 0.394 e. The highest BCUT2D eigenvalue weighted by atomic mass is 19.1. The third-order valence-corrected chi connectivity index (χ3v) is 3.78. The smallest absolute Gasteiger partial charge is 0.209 e. The van der Waals surface area contributed by atoms with Gasteiger partial charge in [0.15, 0.2) is 6.23 Å². The van der Waals surface area contributed by atoms with Crippen LogP contribution in [0.1, 0.15) is 6.23 Å². The Morgan fingerprint density at radius 3 is 3.05 bits per heavy atom. The summed E-state index contributed by atoms with van der Waals surface area (Å²) in [6, 6.07) is 1.63. The Morgan fingerprint density at radius 1 is 1.59 bits per heavy atom. The lowest BCUT2D eigenvalue weighted by atomic mass is 9.96. The van der Waals surface area contributed by atoms with Crippen LogP contribution in [0.25, 0.3) is 11.0 Å². The molecule has 7 nitrogen and oxygen atoms in total. The molecule has 1 fully saturated rings. The second-order valence-corrected chi connectivity index (χ2v) is 5.05. The first-order chi connectivity index (χ1) is 10.5. The average molecular weight is 306 g/mol. The van der Waals surface area contributed by atoms with Gasteiger partial charge >= 0.3 is 0 Å². The highest BCUT2D eigenvalue weighted by Gasteiger charge is 2.56. The minimum atomic E-state index is -2.30. The van der Waals surface area contributed by atoms with Crippen molar-refractivity contribution in [1.82, 2.24) is 14.5 Å². The van der Waals surface area contributed by atoms with Gasteiger partial charge in [0.2, 0.25) is 5.67 Å². The van der Waals surface area contributed by atoms with Gasteiger partial charge in [-0.05, 0) is 6.07 Å². The predicted octanol–water partition coefficient (Wildman–Crippen LogP) is 0.314. The first-order valence-corrected chi connectivity index (χ1v) is 6.60. The first kappa shape index (κ1) is 14.7. The molecule has 0 amide bonds. The molecule has 4 N–H and O–H groups in total. The quantitative estimate of drug-likeness (QED) is 0.705. The normalized spacial score (nSPS) is 31.3. The van der Waals surface area contributed by atoms with E-state index >= 15 is 4.39 Å². The van der Waals surface area contributed by atoms with Gasteiger partial charge in [-0.25, -0.2) is 14.4 Å². The topological polar surface area (TPSA) is 106 Å². The predicted molar refractivity (Wildman–Crippen MR) is 76.5 cm³/mol. The van der Waals surface area contributed by atoms with Crippen LogP contribution >= 0.6 is 0 Å². The molecule has 0 spiro atoms. The third-order valence-electron chi connectivity index (χ3n) is 3.78. The van der Waals surface area contributed by atoms with Crippen molar-refractivity contribution < 1.29 is 19.3 Å². The number of nitrogens with zero attached hydrogens (tertiary/aromatic N) is 3. The van der Waals surface area contributed by atoms with E-state index in [2.05, 4.69) is 22.3 Å². The molecule has 0 radical (unpaired) electrons. The van der Waals surface area contributed by atoms with E-state index in [1.165, 1.54) is 17.1 Å². The number of rotatable bonds is 3. The number of ether oxygens (including phenoxy) is 1. The van der Waals surface area contributed by atoms with Crippen LogP contribution in [0.5, 0.6) is 0 Å². The maximum atomic E-state index is 15.3. The summed E-state index contributed by atoms with van der Waals surface area (Å²) in [4.78, 5) is 7.94. The zero-order valence-corrected chi connectivity index (χ0v) is 11.6. The van der Waals surface area contributed by atoms with Crippen LogP contribution in [0.3, 0.4) is 0 Å². The lowest BCUT2D eigenvalue weighted by molar-refractivity contribution is -0.0512. The number of fused-ring (bicyclic) bond motifs is 1. The third kappa shape index (κ3) is 1.93. The number of hydrogen-bond donors (Lipinski definition) is 3. The summed E-state index contributed by atoms with van der Waals surface area (Å²) in [6.07, 6.45) is -0.0796. The number of anilines is 1. The second kappa shape index (κ2) is 5.19. The molecule has 0 aromatic carbocycles. The van der Waals surface area contributed by atoms with Crippen LogP contribution < -0.4 is 5.73 Å². The maximum absolute atomic E-state index is 15.3. The maximum Gasteiger partial charge on any atom is 0.209 e. The molecule has 0 aliphatic carbocycles. The lowest BCUT2D eigenvalue weighted by Crippen LogP contribution is -2.41. The van der Waals surface area contributed by atoms with E-state index in [1.54, 1.807) is 6.07 Å². The Hall–Kier alpha value is -2.25. The standard InChI is InChI=1S/C14H15FN4O3/c1-2-4-14(15)10(21)9(6-20)22-13(14)19-5-3-8-11(16)17-7-18-12(8)19/h3-5,7,9-10,13,20-21H,1,6H2,(H2,16,17,18)/t9-,10-,13-,14-/m1/s1. The fraction of sp³-hybridized carbons (Fsp3) is 0.357. The van der Waals surface area contributed by atoms with Crippen LogP contribution in [-0.4, -0.2) is 49.2 Å². The van der Waals surface area contributed by atoms with E-state index in [0.717, 1.165) is 6.08 Å². The Bertz CT molecular complexity index is 758. The fourth-order valence-corrected chi connectivity index (χ4v) is 2.69. The highest BCUT2D eigenvalue weighted by Crippen LogP contribution is 2.43. The molecule has 3 heterocycles. The summed E-state index contributed by atoms with van der Waals surface area (Å²) in [5.74, 6) is 0.254. The van der Waals surface area contributed by atoms with Gasteiger partial charge in [0, 0.05) is 12.3 Å². The van der Waals surface area contributed by atoms with Gasteiger partial charge in [-0.3, -0.25) is 0 Å². The Balaban J connectivity index is 2.16. The summed E-state index contributed by atoms with van der Waals surface area (Å²) < 4.78 is 22.1. The fourth-order valence-electron chi connectivity index (χ4n) is 2.69. The zero-order chi connectivity index (χ0) is 15.9. The van der Waals surface area contributed by atoms with Crippen molar-refractivity contribution in [2.45, 2.75) is 24.1 Å². The van der Waals surface area contributed by atoms with Crippen molar-refractivity contribution in [3.63, 3.8) is 0 Å². The van der Waals surface area contributed by atoms with Gasteiger partial charge in [0.1, 0.15) is 30.0 Å². The van der Waals surface area contributed by atoms with Crippen molar-refractivity contribution in [2.75, 3.05) is 12.3 Å². The van der Waals surface area contributed by atoms with E-state index in [1.807, 2.05) is 0 Å². The van der Waals surface area contributed by atoms with Gasteiger partial charge in [0.05, 0.1) is 12.0 Å². The first-order valence-electron chi connectivity index (χ1n) is 6.60. The molecular formula is C14H15FN4O3. The van der Waals surface area contributed by atoms with Crippen molar-refractivity contribution in [2.24, 2.45) is 0 Å². The molecule has 8 heteroatoms. The number of halogens is 1. The molecule has 2 aromatic heterocycles. The summed E-state index contributed by atoms with van der Waals surface area (Å²) >= 11 is 0. The molecule has 0 unspecified atom stereocenters. The van der Waals surface area contributed by atoms with Gasteiger partial charge in [-0.1, -0.05) is 6.58 Å². The summed E-state index contributed by atoms with van der Waals surface area (Å²) in [5, 5.41) is 19.9. The molecule has 0 saturated carbocycles. The number of aromatic nitrogens is 3. The van der Waals surface area contributed by atoms with Crippen LogP contribution in [-0.2, 0) is 4.74 Å². The molecule has 1 aliphatic rings. The highest BCUT2D eigenvalue weighted by molar-refractivity contribution is 5.86. The number of alkyl halides is 1. The van der Waals surface area contributed by atoms with E-state index in [9.17, 15) is 10.2 Å². The average Bonchev–Trinajstić information content (AvgIpc) is 3.02. The summed E-state index contributed by atoms with van der Waals surface area (Å²) in [7, 11) is 0. The van der Waals surface area contributed by atoms with Crippen LogP contribution in [0.2, 0.25) is 0 Å². The van der Waals surface area contributed by atoms with Crippen molar-refractivity contribution in [3.8, 4) is 0 Å². The van der Waals surface area contributed by atoms with Crippen molar-refractivity contribution in [3.05, 3.63) is 37.0 Å². The number of aliphatic hydroxyl groups is 2. The summed E-state index contributed by atoms with van der Waals surface area (Å²) in [6.45, 7) is 2.82.